The Labute approximate surface area is 93.5 Å². The SMILES string of the molecule is CSCCNS(=O)(=O)c1ccnc(N)c1. The molecule has 0 saturated carbocycles. The van der Waals surface area contributed by atoms with E-state index in [1.165, 1.54) is 18.3 Å². The van der Waals surface area contributed by atoms with Gasteiger partial charge in [-0.25, -0.2) is 18.1 Å². The molecule has 0 amide bonds. The average Bonchev–Trinajstić information content (AvgIpc) is 2.18. The number of hydrogen-bond donors (Lipinski definition) is 2. The lowest BCUT2D eigenvalue weighted by Gasteiger charge is -2.05. The molecule has 0 unspecified atom stereocenters. The Kier molecular flexibility index (Phi) is 4.37. The van der Waals surface area contributed by atoms with Crippen molar-refractivity contribution in [1.82, 2.24) is 9.71 Å². The molecular formula is C8H13N3O2S2. The lowest BCUT2D eigenvalue weighted by molar-refractivity contribution is 0.584. The zero-order valence-corrected chi connectivity index (χ0v) is 9.94. The fourth-order valence-corrected chi connectivity index (χ4v) is 2.45. The molecular weight excluding hydrogens is 234 g/mol. The molecule has 15 heavy (non-hydrogen) atoms. The first-order chi connectivity index (χ1) is 7.06. The molecule has 7 heteroatoms. The lowest BCUT2D eigenvalue weighted by atomic mass is 10.5. The minimum atomic E-state index is -3.44. The van der Waals surface area contributed by atoms with Gasteiger partial charge in [0.1, 0.15) is 5.82 Å². The van der Waals surface area contributed by atoms with E-state index >= 15 is 0 Å². The molecule has 1 aromatic rings. The molecule has 0 aromatic carbocycles. The van der Waals surface area contributed by atoms with Crippen LogP contribution in [0.5, 0.6) is 0 Å². The third-order valence-electron chi connectivity index (χ3n) is 1.66. The van der Waals surface area contributed by atoms with Crippen molar-refractivity contribution >= 4 is 27.6 Å². The summed E-state index contributed by atoms with van der Waals surface area (Å²) in [5.74, 6) is 0.933. The number of sulfonamides is 1. The molecule has 0 spiro atoms. The molecule has 1 rings (SSSR count). The van der Waals surface area contributed by atoms with Crippen LogP contribution in [0, 0.1) is 0 Å². The normalized spacial score (nSPS) is 11.5. The number of anilines is 1. The van der Waals surface area contributed by atoms with Gasteiger partial charge < -0.3 is 5.73 Å². The number of nitrogens with zero attached hydrogens (tertiary/aromatic N) is 1. The first-order valence-corrected chi connectivity index (χ1v) is 7.14. The summed E-state index contributed by atoms with van der Waals surface area (Å²) < 4.78 is 25.8. The van der Waals surface area contributed by atoms with Gasteiger partial charge in [-0.15, -0.1) is 0 Å². The van der Waals surface area contributed by atoms with Crippen LogP contribution in [-0.4, -0.2) is 32.0 Å². The minimum Gasteiger partial charge on any atom is -0.384 e. The van der Waals surface area contributed by atoms with E-state index in [9.17, 15) is 8.42 Å². The van der Waals surface area contributed by atoms with Crippen LogP contribution < -0.4 is 10.5 Å². The third-order valence-corrected chi connectivity index (χ3v) is 3.73. The smallest absolute Gasteiger partial charge is 0.240 e. The van der Waals surface area contributed by atoms with Gasteiger partial charge in [0.2, 0.25) is 10.0 Å². The van der Waals surface area contributed by atoms with E-state index in [-0.39, 0.29) is 10.7 Å². The molecule has 0 bridgehead atoms. The largest absolute Gasteiger partial charge is 0.384 e. The van der Waals surface area contributed by atoms with E-state index in [1.807, 2.05) is 6.26 Å². The predicted molar refractivity (Wildman–Crippen MR) is 62.2 cm³/mol. The molecule has 0 radical (unpaired) electrons. The second-order valence-corrected chi connectivity index (χ2v) is 5.56. The van der Waals surface area contributed by atoms with Gasteiger partial charge in [0, 0.05) is 24.6 Å². The number of nitrogens with two attached hydrogens (primary N) is 1. The fraction of sp³-hybridized carbons (Fsp3) is 0.375. The van der Waals surface area contributed by atoms with Crippen molar-refractivity contribution < 1.29 is 8.42 Å². The van der Waals surface area contributed by atoms with Crippen LogP contribution in [-0.2, 0) is 10.0 Å². The van der Waals surface area contributed by atoms with Crippen molar-refractivity contribution in [1.29, 1.82) is 0 Å². The Morgan fingerprint density at radius 2 is 2.33 bits per heavy atom. The topological polar surface area (TPSA) is 85.1 Å². The van der Waals surface area contributed by atoms with Crippen LogP contribution in [0.4, 0.5) is 5.82 Å². The minimum absolute atomic E-state index is 0.149. The van der Waals surface area contributed by atoms with Crippen molar-refractivity contribution in [3.05, 3.63) is 18.3 Å². The van der Waals surface area contributed by atoms with E-state index in [0.717, 1.165) is 5.75 Å². The standard InChI is InChI=1S/C8H13N3O2S2/c1-14-5-4-11-15(12,13)7-2-3-10-8(9)6-7/h2-3,6,11H,4-5H2,1H3,(H2,9,10). The number of rotatable bonds is 5. The molecule has 0 atom stereocenters. The van der Waals surface area contributed by atoms with Crippen LogP contribution in [0.25, 0.3) is 0 Å². The first kappa shape index (κ1) is 12.3. The maximum atomic E-state index is 11.7. The van der Waals surface area contributed by atoms with Crippen molar-refractivity contribution in [2.24, 2.45) is 0 Å². The highest BCUT2D eigenvalue weighted by Gasteiger charge is 2.13. The summed E-state index contributed by atoms with van der Waals surface area (Å²) in [4.78, 5) is 3.88. The average molecular weight is 247 g/mol. The van der Waals surface area contributed by atoms with Gasteiger partial charge in [-0.2, -0.15) is 11.8 Å². The Balaban J connectivity index is 2.77. The second-order valence-electron chi connectivity index (χ2n) is 2.81. The highest BCUT2D eigenvalue weighted by Crippen LogP contribution is 2.09. The van der Waals surface area contributed by atoms with Crippen LogP contribution in [0.15, 0.2) is 23.2 Å². The summed E-state index contributed by atoms with van der Waals surface area (Å²) in [6, 6.07) is 2.75. The summed E-state index contributed by atoms with van der Waals surface area (Å²) in [6.45, 7) is 0.408. The van der Waals surface area contributed by atoms with Gasteiger partial charge in [-0.3, -0.25) is 0 Å². The quantitative estimate of drug-likeness (QED) is 0.731. The van der Waals surface area contributed by atoms with Gasteiger partial charge >= 0.3 is 0 Å². The van der Waals surface area contributed by atoms with Gasteiger partial charge in [-0.1, -0.05) is 0 Å². The molecule has 0 aliphatic carbocycles. The number of nitrogens with one attached hydrogen (secondary N) is 1. The fourth-order valence-electron chi connectivity index (χ4n) is 0.957. The van der Waals surface area contributed by atoms with E-state index in [4.69, 9.17) is 5.73 Å². The highest BCUT2D eigenvalue weighted by molar-refractivity contribution is 7.98. The number of pyridine rings is 1. The first-order valence-electron chi connectivity index (χ1n) is 4.26. The summed E-state index contributed by atoms with van der Waals surface area (Å²) >= 11 is 1.58. The Morgan fingerprint density at radius 3 is 2.93 bits per heavy atom. The van der Waals surface area contributed by atoms with E-state index in [1.54, 1.807) is 11.8 Å². The third kappa shape index (κ3) is 3.69. The van der Waals surface area contributed by atoms with Crippen LogP contribution in [0.3, 0.4) is 0 Å². The van der Waals surface area contributed by atoms with Crippen LogP contribution >= 0.6 is 11.8 Å². The predicted octanol–water partition coefficient (Wildman–Crippen LogP) is 0.305. The van der Waals surface area contributed by atoms with Gasteiger partial charge in [0.05, 0.1) is 4.90 Å². The van der Waals surface area contributed by atoms with Crippen molar-refractivity contribution in [2.75, 3.05) is 24.3 Å². The zero-order valence-electron chi connectivity index (χ0n) is 8.30. The van der Waals surface area contributed by atoms with Crippen molar-refractivity contribution in [3.8, 4) is 0 Å². The number of thioether (sulfide) groups is 1. The molecule has 0 saturated heterocycles. The molecule has 3 N–H and O–H groups in total. The van der Waals surface area contributed by atoms with E-state index < -0.39 is 10.0 Å². The van der Waals surface area contributed by atoms with Gasteiger partial charge in [0.15, 0.2) is 0 Å². The molecule has 0 aliphatic rings. The van der Waals surface area contributed by atoms with Crippen molar-refractivity contribution in [3.63, 3.8) is 0 Å². The Morgan fingerprint density at radius 1 is 1.60 bits per heavy atom. The molecule has 84 valence electrons. The molecule has 1 aromatic heterocycles. The maximum absolute atomic E-state index is 11.7. The number of hydrogen-bond acceptors (Lipinski definition) is 5. The highest BCUT2D eigenvalue weighted by atomic mass is 32.2. The molecule has 0 fully saturated rings. The maximum Gasteiger partial charge on any atom is 0.240 e. The van der Waals surface area contributed by atoms with Crippen LogP contribution in [0.2, 0.25) is 0 Å². The van der Waals surface area contributed by atoms with E-state index in [0.29, 0.717) is 6.54 Å². The Bertz CT molecular complexity index is 420. The van der Waals surface area contributed by atoms with Crippen molar-refractivity contribution in [2.45, 2.75) is 4.90 Å². The second kappa shape index (κ2) is 5.34. The molecule has 5 nitrogen and oxygen atoms in total. The summed E-state index contributed by atoms with van der Waals surface area (Å²) in [6.07, 6.45) is 3.29. The van der Waals surface area contributed by atoms with Crippen LogP contribution in [0.1, 0.15) is 0 Å². The Hall–Kier alpha value is -0.790. The van der Waals surface area contributed by atoms with Gasteiger partial charge in [-0.05, 0) is 12.3 Å². The summed E-state index contributed by atoms with van der Waals surface area (Å²) in [7, 11) is -3.44. The summed E-state index contributed by atoms with van der Waals surface area (Å²) in [5.41, 5.74) is 5.40. The summed E-state index contributed by atoms with van der Waals surface area (Å²) in [5, 5.41) is 0. The van der Waals surface area contributed by atoms with Gasteiger partial charge in [0.25, 0.3) is 0 Å². The molecule has 0 aliphatic heterocycles. The molecule has 1 heterocycles. The number of nitrogen functional groups attached to an aromatic ring is 1. The monoisotopic (exact) mass is 247 g/mol. The van der Waals surface area contributed by atoms with E-state index in [2.05, 4.69) is 9.71 Å². The lowest BCUT2D eigenvalue weighted by Crippen LogP contribution is -2.26. The number of aromatic nitrogens is 1. The zero-order chi connectivity index (χ0) is 11.3.